The minimum absolute atomic E-state index is 0.0566. The smallest absolute Gasteiger partial charge is 0.275 e. The van der Waals surface area contributed by atoms with E-state index in [4.69, 9.17) is 9.15 Å². The third kappa shape index (κ3) is 4.60. The molecule has 0 saturated carbocycles. The number of fused-ring (bicyclic) bond motifs is 1. The van der Waals surface area contributed by atoms with Gasteiger partial charge >= 0.3 is 0 Å². The van der Waals surface area contributed by atoms with Crippen molar-refractivity contribution in [1.82, 2.24) is 5.32 Å². The van der Waals surface area contributed by atoms with Gasteiger partial charge in [-0.05, 0) is 38.1 Å². The van der Waals surface area contributed by atoms with Crippen LogP contribution in [0.2, 0.25) is 0 Å². The molecule has 2 N–H and O–H groups in total. The van der Waals surface area contributed by atoms with Crippen LogP contribution in [0.4, 0.5) is 5.69 Å². The zero-order valence-electron chi connectivity index (χ0n) is 17.7. The Morgan fingerprint density at radius 3 is 2.67 bits per heavy atom. The average molecular weight is 409 g/mol. The number of ether oxygens (including phenoxy) is 1. The number of nitrogens with zero attached hydrogens (tertiary/aromatic N) is 1. The van der Waals surface area contributed by atoms with Crippen LogP contribution < -0.4 is 19.9 Å². The third-order valence-electron chi connectivity index (χ3n) is 5.64. The summed E-state index contributed by atoms with van der Waals surface area (Å²) in [5.41, 5.74) is 1.99. The molecular weight excluding hydrogens is 378 g/mol. The summed E-state index contributed by atoms with van der Waals surface area (Å²) in [5.74, 6) is 1.78. The molecule has 1 saturated heterocycles. The molecule has 1 amide bonds. The molecule has 3 aromatic rings. The van der Waals surface area contributed by atoms with E-state index in [0.29, 0.717) is 13.2 Å². The highest BCUT2D eigenvalue weighted by molar-refractivity contribution is 5.79. The Morgan fingerprint density at radius 1 is 1.17 bits per heavy atom. The molecule has 0 bridgehead atoms. The lowest BCUT2D eigenvalue weighted by Gasteiger charge is -2.34. The van der Waals surface area contributed by atoms with Crippen molar-refractivity contribution in [1.29, 1.82) is 0 Å². The molecule has 1 fully saturated rings. The predicted molar refractivity (Wildman–Crippen MR) is 118 cm³/mol. The zero-order valence-corrected chi connectivity index (χ0v) is 17.7. The number of carbonyl (C=O) groups is 1. The summed E-state index contributed by atoms with van der Waals surface area (Å²) in [4.78, 5) is 16.2. The van der Waals surface area contributed by atoms with Gasteiger partial charge in [-0.1, -0.05) is 30.3 Å². The van der Waals surface area contributed by atoms with Gasteiger partial charge in [-0.15, -0.1) is 0 Å². The predicted octanol–water partition coefficient (Wildman–Crippen LogP) is 2.41. The van der Waals surface area contributed by atoms with E-state index < -0.39 is 0 Å². The standard InChI is InChI=1S/C24H29N3O3/c1-3-29-22-11-7-5-9-20(22)27-14-12-26(13-15-27)17-24(28)25-18(2)23-16-19-8-4-6-10-21(19)30-23/h4-11,16,18H,3,12-15,17H2,1-2H3,(H,25,28)/p+1/t18-/m0/s1. The number of furan rings is 1. The zero-order chi connectivity index (χ0) is 20.9. The van der Waals surface area contributed by atoms with Crippen LogP contribution in [0.15, 0.2) is 59.0 Å². The van der Waals surface area contributed by atoms with Gasteiger partial charge in [-0.25, -0.2) is 0 Å². The van der Waals surface area contributed by atoms with E-state index in [1.54, 1.807) is 0 Å². The van der Waals surface area contributed by atoms with Crippen LogP contribution in [0, 0.1) is 0 Å². The molecule has 4 rings (SSSR count). The van der Waals surface area contributed by atoms with Gasteiger partial charge in [0.1, 0.15) is 17.1 Å². The number of hydrogen-bond acceptors (Lipinski definition) is 4. The van der Waals surface area contributed by atoms with Crippen molar-refractivity contribution < 1.29 is 18.8 Å². The number of carbonyl (C=O) groups excluding carboxylic acids is 1. The normalized spacial score (nSPS) is 15.9. The average Bonchev–Trinajstić information content (AvgIpc) is 3.20. The first kappa shape index (κ1) is 20.3. The van der Waals surface area contributed by atoms with Crippen LogP contribution >= 0.6 is 0 Å². The van der Waals surface area contributed by atoms with E-state index in [1.807, 2.05) is 62.4 Å². The molecule has 1 aliphatic rings. The van der Waals surface area contributed by atoms with Crippen LogP contribution in [0.5, 0.6) is 5.75 Å². The van der Waals surface area contributed by atoms with Gasteiger partial charge in [0.05, 0.1) is 44.5 Å². The van der Waals surface area contributed by atoms with E-state index in [9.17, 15) is 4.79 Å². The van der Waals surface area contributed by atoms with Crippen LogP contribution in [0.3, 0.4) is 0 Å². The van der Waals surface area contributed by atoms with E-state index in [1.165, 1.54) is 4.90 Å². The molecule has 1 atom stereocenters. The van der Waals surface area contributed by atoms with Gasteiger partial charge in [-0.3, -0.25) is 4.79 Å². The van der Waals surface area contributed by atoms with Gasteiger partial charge in [0.15, 0.2) is 6.54 Å². The summed E-state index contributed by atoms with van der Waals surface area (Å²) in [7, 11) is 0. The van der Waals surface area contributed by atoms with Crippen LogP contribution in [-0.2, 0) is 4.79 Å². The first-order chi connectivity index (χ1) is 14.6. The topological polar surface area (TPSA) is 59.2 Å². The SMILES string of the molecule is CCOc1ccccc1N1CC[NH+](CC(=O)N[C@@H](C)c2cc3ccccc3o2)CC1. The Balaban J connectivity index is 1.29. The first-order valence-corrected chi connectivity index (χ1v) is 10.7. The van der Waals surface area contributed by atoms with Crippen LogP contribution in [0.1, 0.15) is 25.6 Å². The number of anilines is 1. The lowest BCUT2D eigenvalue weighted by Crippen LogP contribution is -3.15. The fraction of sp³-hybridized carbons (Fsp3) is 0.375. The van der Waals surface area contributed by atoms with E-state index in [-0.39, 0.29) is 11.9 Å². The molecular formula is C24H30N3O3+. The largest absolute Gasteiger partial charge is 0.492 e. The number of para-hydroxylation sites is 3. The molecule has 6 nitrogen and oxygen atoms in total. The molecule has 0 unspecified atom stereocenters. The van der Waals surface area contributed by atoms with Gasteiger partial charge < -0.3 is 24.3 Å². The fourth-order valence-electron chi connectivity index (χ4n) is 4.04. The Hall–Kier alpha value is -2.99. The fourth-order valence-corrected chi connectivity index (χ4v) is 4.04. The Labute approximate surface area is 177 Å². The highest BCUT2D eigenvalue weighted by Crippen LogP contribution is 2.28. The van der Waals surface area contributed by atoms with Crippen molar-refractivity contribution in [2.24, 2.45) is 0 Å². The number of amides is 1. The maximum absolute atomic E-state index is 12.6. The molecule has 1 aromatic heterocycles. The van der Waals surface area contributed by atoms with E-state index in [2.05, 4.69) is 16.3 Å². The van der Waals surface area contributed by atoms with Crippen LogP contribution in [-0.4, -0.2) is 45.2 Å². The summed E-state index contributed by atoms with van der Waals surface area (Å²) in [5, 5.41) is 4.14. The van der Waals surface area contributed by atoms with Crippen molar-refractivity contribution in [3.8, 4) is 5.75 Å². The second kappa shape index (κ2) is 9.22. The molecule has 158 valence electrons. The Bertz CT molecular complexity index is 959. The van der Waals surface area contributed by atoms with Crippen molar-refractivity contribution in [2.75, 3.05) is 44.2 Å². The van der Waals surface area contributed by atoms with Gasteiger partial charge in [0, 0.05) is 5.39 Å². The molecule has 6 heteroatoms. The highest BCUT2D eigenvalue weighted by atomic mass is 16.5. The monoisotopic (exact) mass is 408 g/mol. The maximum atomic E-state index is 12.6. The molecule has 0 aliphatic carbocycles. The minimum atomic E-state index is -0.149. The first-order valence-electron chi connectivity index (χ1n) is 10.7. The number of quaternary nitrogens is 1. The molecule has 1 aliphatic heterocycles. The maximum Gasteiger partial charge on any atom is 0.275 e. The Morgan fingerprint density at radius 2 is 1.90 bits per heavy atom. The summed E-state index contributed by atoms with van der Waals surface area (Å²) in [6.07, 6.45) is 0. The molecule has 30 heavy (non-hydrogen) atoms. The van der Waals surface area contributed by atoms with Gasteiger partial charge in [-0.2, -0.15) is 0 Å². The van der Waals surface area contributed by atoms with Crippen molar-refractivity contribution in [3.05, 3.63) is 60.4 Å². The number of rotatable bonds is 7. The van der Waals surface area contributed by atoms with Gasteiger partial charge in [0.25, 0.3) is 5.91 Å². The third-order valence-corrected chi connectivity index (χ3v) is 5.64. The Kier molecular flexibility index (Phi) is 6.23. The summed E-state index contributed by atoms with van der Waals surface area (Å²) in [6.45, 7) is 8.77. The van der Waals surface area contributed by atoms with Crippen molar-refractivity contribution >= 4 is 22.6 Å². The highest BCUT2D eigenvalue weighted by Gasteiger charge is 2.25. The summed E-state index contributed by atoms with van der Waals surface area (Å²) >= 11 is 0. The van der Waals surface area contributed by atoms with E-state index in [0.717, 1.165) is 54.3 Å². The lowest BCUT2D eigenvalue weighted by atomic mass is 10.2. The minimum Gasteiger partial charge on any atom is -0.492 e. The van der Waals surface area contributed by atoms with Gasteiger partial charge in [0.2, 0.25) is 0 Å². The van der Waals surface area contributed by atoms with E-state index >= 15 is 0 Å². The van der Waals surface area contributed by atoms with Crippen molar-refractivity contribution in [2.45, 2.75) is 19.9 Å². The number of benzene rings is 2. The molecule has 2 aromatic carbocycles. The number of nitrogens with one attached hydrogen (secondary N) is 2. The molecule has 0 radical (unpaired) electrons. The van der Waals surface area contributed by atoms with Crippen LogP contribution in [0.25, 0.3) is 11.0 Å². The summed E-state index contributed by atoms with van der Waals surface area (Å²) < 4.78 is 11.6. The summed E-state index contributed by atoms with van der Waals surface area (Å²) in [6, 6.07) is 17.9. The number of hydrogen-bond donors (Lipinski definition) is 2. The van der Waals surface area contributed by atoms with Crippen molar-refractivity contribution in [3.63, 3.8) is 0 Å². The number of piperazine rings is 1. The second-order valence-electron chi connectivity index (χ2n) is 7.79. The lowest BCUT2D eigenvalue weighted by molar-refractivity contribution is -0.892. The quantitative estimate of drug-likeness (QED) is 0.630. The molecule has 0 spiro atoms. The second-order valence-corrected chi connectivity index (χ2v) is 7.79. The molecule has 2 heterocycles.